The molecule has 1 heterocycles. The van der Waals surface area contributed by atoms with E-state index < -0.39 is 30.2 Å². The number of nitrogens with zero attached hydrogens (tertiary/aromatic N) is 1. The molecule has 29 heavy (non-hydrogen) atoms. The fourth-order valence-corrected chi connectivity index (χ4v) is 3.37. The standard InChI is InChI=1S/C22H20ClNO5/c1-3-29-17(25)12-24-19(14-6-4-13(2)5-7-14)18(21(27)22(24)28)20(26)15-8-10-16(23)11-9-15/h4-11,19,26H,3,12H2,1-2H3/b20-18+. The van der Waals surface area contributed by atoms with Crippen molar-refractivity contribution in [2.75, 3.05) is 13.2 Å². The Morgan fingerprint density at radius 1 is 1.10 bits per heavy atom. The summed E-state index contributed by atoms with van der Waals surface area (Å²) in [5, 5.41) is 11.3. The number of likely N-dealkylation sites (tertiary alicyclic amines) is 1. The Balaban J connectivity index is 2.14. The summed E-state index contributed by atoms with van der Waals surface area (Å²) in [5.41, 5.74) is 1.87. The number of aliphatic hydroxyl groups is 1. The number of halogens is 1. The topological polar surface area (TPSA) is 83.9 Å². The Labute approximate surface area is 173 Å². The molecule has 1 aliphatic rings. The molecule has 2 aromatic carbocycles. The lowest BCUT2D eigenvalue weighted by molar-refractivity contribution is -0.149. The molecule has 1 atom stereocenters. The SMILES string of the molecule is CCOC(=O)CN1C(=O)C(=O)/C(=C(/O)c2ccc(Cl)cc2)C1c1ccc(C)cc1. The summed E-state index contributed by atoms with van der Waals surface area (Å²) in [4.78, 5) is 38.7. The highest BCUT2D eigenvalue weighted by atomic mass is 35.5. The molecule has 0 bridgehead atoms. The van der Waals surface area contributed by atoms with Crippen molar-refractivity contribution in [2.45, 2.75) is 19.9 Å². The number of ether oxygens (including phenoxy) is 1. The van der Waals surface area contributed by atoms with Gasteiger partial charge in [0.05, 0.1) is 18.2 Å². The molecule has 0 spiro atoms. The maximum Gasteiger partial charge on any atom is 0.325 e. The maximum absolute atomic E-state index is 12.8. The smallest absolute Gasteiger partial charge is 0.325 e. The van der Waals surface area contributed by atoms with Gasteiger partial charge in [-0.3, -0.25) is 14.4 Å². The summed E-state index contributed by atoms with van der Waals surface area (Å²) >= 11 is 5.90. The molecule has 6 nitrogen and oxygen atoms in total. The number of ketones is 1. The predicted molar refractivity (Wildman–Crippen MR) is 108 cm³/mol. The second-order valence-corrected chi connectivity index (χ2v) is 7.09. The van der Waals surface area contributed by atoms with Crippen LogP contribution in [-0.4, -0.2) is 40.8 Å². The van der Waals surface area contributed by atoms with E-state index in [-0.39, 0.29) is 17.9 Å². The zero-order chi connectivity index (χ0) is 21.1. The molecule has 0 saturated carbocycles. The van der Waals surface area contributed by atoms with E-state index in [0.29, 0.717) is 16.1 Å². The minimum absolute atomic E-state index is 0.0783. The van der Waals surface area contributed by atoms with E-state index in [4.69, 9.17) is 16.3 Å². The van der Waals surface area contributed by atoms with Crippen molar-refractivity contribution in [1.82, 2.24) is 4.90 Å². The van der Waals surface area contributed by atoms with Gasteiger partial charge in [-0.2, -0.15) is 0 Å². The fraction of sp³-hybridized carbons (Fsp3) is 0.227. The van der Waals surface area contributed by atoms with Crippen LogP contribution in [0.3, 0.4) is 0 Å². The molecule has 0 radical (unpaired) electrons. The number of carbonyl (C=O) groups is 3. The third-order valence-corrected chi connectivity index (χ3v) is 4.91. The Hall–Kier alpha value is -3.12. The number of aryl methyl sites for hydroxylation is 1. The molecule has 2 aromatic rings. The Morgan fingerprint density at radius 2 is 1.72 bits per heavy atom. The van der Waals surface area contributed by atoms with Crippen molar-refractivity contribution in [1.29, 1.82) is 0 Å². The summed E-state index contributed by atoms with van der Waals surface area (Å²) in [7, 11) is 0. The van der Waals surface area contributed by atoms with Crippen LogP contribution in [0.1, 0.15) is 29.7 Å². The monoisotopic (exact) mass is 413 g/mol. The summed E-state index contributed by atoms with van der Waals surface area (Å²) < 4.78 is 4.95. The number of carbonyl (C=O) groups excluding carboxylic acids is 3. The van der Waals surface area contributed by atoms with Crippen molar-refractivity contribution in [2.24, 2.45) is 0 Å². The van der Waals surface area contributed by atoms with Crippen LogP contribution >= 0.6 is 11.6 Å². The molecular weight excluding hydrogens is 394 g/mol. The first-order valence-corrected chi connectivity index (χ1v) is 9.47. The van der Waals surface area contributed by atoms with Gasteiger partial charge in [0, 0.05) is 10.6 Å². The summed E-state index contributed by atoms with van der Waals surface area (Å²) in [5.74, 6) is -2.67. The van der Waals surface area contributed by atoms with Crippen LogP contribution in [-0.2, 0) is 19.1 Å². The van der Waals surface area contributed by atoms with E-state index in [1.54, 1.807) is 43.3 Å². The number of hydrogen-bond donors (Lipinski definition) is 1. The van der Waals surface area contributed by atoms with E-state index in [1.807, 2.05) is 19.1 Å². The molecular formula is C22H20ClNO5. The van der Waals surface area contributed by atoms with Crippen molar-refractivity contribution in [3.05, 3.63) is 75.8 Å². The van der Waals surface area contributed by atoms with Gasteiger partial charge < -0.3 is 14.7 Å². The lowest BCUT2D eigenvalue weighted by Gasteiger charge is -2.24. The van der Waals surface area contributed by atoms with Gasteiger partial charge in [-0.15, -0.1) is 0 Å². The highest BCUT2D eigenvalue weighted by Gasteiger charge is 2.46. The molecule has 3 rings (SSSR count). The zero-order valence-electron chi connectivity index (χ0n) is 16.0. The minimum atomic E-state index is -0.907. The third kappa shape index (κ3) is 4.17. The lowest BCUT2D eigenvalue weighted by Crippen LogP contribution is -2.35. The molecule has 1 N–H and O–H groups in total. The molecule has 1 aliphatic heterocycles. The number of benzene rings is 2. The molecule has 1 saturated heterocycles. The second-order valence-electron chi connectivity index (χ2n) is 6.65. The predicted octanol–water partition coefficient (Wildman–Crippen LogP) is 3.63. The van der Waals surface area contributed by atoms with Crippen molar-refractivity contribution < 1.29 is 24.2 Å². The normalized spacial score (nSPS) is 18.2. The average molecular weight is 414 g/mol. The first-order chi connectivity index (χ1) is 13.8. The van der Waals surface area contributed by atoms with E-state index in [2.05, 4.69) is 0 Å². The molecule has 1 amide bonds. The van der Waals surface area contributed by atoms with Gasteiger partial charge in [0.2, 0.25) is 0 Å². The van der Waals surface area contributed by atoms with Gasteiger partial charge >= 0.3 is 5.97 Å². The maximum atomic E-state index is 12.8. The number of hydrogen-bond acceptors (Lipinski definition) is 5. The highest BCUT2D eigenvalue weighted by Crippen LogP contribution is 2.39. The fourth-order valence-electron chi connectivity index (χ4n) is 3.25. The quantitative estimate of drug-likeness (QED) is 0.350. The average Bonchev–Trinajstić information content (AvgIpc) is 2.94. The molecule has 1 unspecified atom stereocenters. The summed E-state index contributed by atoms with van der Waals surface area (Å²) in [6, 6.07) is 12.6. The Bertz CT molecular complexity index is 979. The second kappa shape index (κ2) is 8.49. The lowest BCUT2D eigenvalue weighted by atomic mass is 9.95. The molecule has 150 valence electrons. The van der Waals surface area contributed by atoms with Gasteiger partial charge in [-0.25, -0.2) is 0 Å². The summed E-state index contributed by atoms with van der Waals surface area (Å²) in [6.07, 6.45) is 0. The van der Waals surface area contributed by atoms with Gasteiger partial charge in [-0.05, 0) is 43.7 Å². The Kier molecular flexibility index (Phi) is 6.03. The van der Waals surface area contributed by atoms with Crippen LogP contribution in [0.15, 0.2) is 54.1 Å². The summed E-state index contributed by atoms with van der Waals surface area (Å²) in [6.45, 7) is 3.33. The molecule has 0 aromatic heterocycles. The number of rotatable bonds is 5. The van der Waals surface area contributed by atoms with Crippen LogP contribution in [0, 0.1) is 6.92 Å². The van der Waals surface area contributed by atoms with Gasteiger partial charge in [-0.1, -0.05) is 41.4 Å². The van der Waals surface area contributed by atoms with Gasteiger partial charge in [0.15, 0.2) is 0 Å². The van der Waals surface area contributed by atoms with Crippen LogP contribution in [0.2, 0.25) is 5.02 Å². The van der Waals surface area contributed by atoms with Gasteiger partial charge in [0.1, 0.15) is 12.3 Å². The highest BCUT2D eigenvalue weighted by molar-refractivity contribution is 6.46. The van der Waals surface area contributed by atoms with Crippen LogP contribution < -0.4 is 0 Å². The van der Waals surface area contributed by atoms with Crippen LogP contribution in [0.5, 0.6) is 0 Å². The van der Waals surface area contributed by atoms with Gasteiger partial charge in [0.25, 0.3) is 11.7 Å². The van der Waals surface area contributed by atoms with E-state index in [9.17, 15) is 19.5 Å². The van der Waals surface area contributed by atoms with Crippen LogP contribution in [0.4, 0.5) is 0 Å². The van der Waals surface area contributed by atoms with Crippen molar-refractivity contribution in [3.63, 3.8) is 0 Å². The van der Waals surface area contributed by atoms with E-state index in [0.717, 1.165) is 10.5 Å². The molecule has 1 fully saturated rings. The van der Waals surface area contributed by atoms with Crippen LogP contribution in [0.25, 0.3) is 5.76 Å². The minimum Gasteiger partial charge on any atom is -0.507 e. The van der Waals surface area contributed by atoms with E-state index in [1.165, 1.54) is 0 Å². The first-order valence-electron chi connectivity index (χ1n) is 9.10. The molecule has 0 aliphatic carbocycles. The van der Waals surface area contributed by atoms with Crippen molar-refractivity contribution in [3.8, 4) is 0 Å². The molecule has 7 heteroatoms. The first kappa shape index (κ1) is 20.6. The number of aliphatic hydroxyl groups excluding tert-OH is 1. The van der Waals surface area contributed by atoms with E-state index >= 15 is 0 Å². The largest absolute Gasteiger partial charge is 0.507 e. The Morgan fingerprint density at radius 3 is 2.31 bits per heavy atom. The van der Waals surface area contributed by atoms with Crippen molar-refractivity contribution >= 4 is 35.0 Å². The third-order valence-electron chi connectivity index (χ3n) is 4.66. The zero-order valence-corrected chi connectivity index (χ0v) is 16.8. The number of esters is 1. The number of amides is 1. The number of Topliss-reactive ketones (excluding diaryl/α,β-unsaturated/α-hetero) is 1.